The van der Waals surface area contributed by atoms with Crippen molar-refractivity contribution in [3.63, 3.8) is 0 Å². The van der Waals surface area contributed by atoms with E-state index in [1.54, 1.807) is 6.92 Å². The van der Waals surface area contributed by atoms with E-state index in [4.69, 9.17) is 0 Å². The fraction of sp³-hybridized carbons (Fsp3) is 0.760. The topological polar surface area (TPSA) is 133 Å². The number of imide groups is 2. The molecule has 3 fully saturated rings. The molecule has 0 aromatic rings. The average Bonchev–Trinajstić information content (AvgIpc) is 3.22. The molecule has 3 aliphatic rings. The first kappa shape index (κ1) is 26.8. The second-order valence-electron chi connectivity index (χ2n) is 10.7. The van der Waals surface area contributed by atoms with Crippen molar-refractivity contribution in [3.8, 4) is 0 Å². The molecular formula is C25H38N4O6. The number of likely N-dealkylation sites (tertiary alicyclic amines) is 2. The van der Waals surface area contributed by atoms with E-state index in [2.05, 4.69) is 10.6 Å². The third kappa shape index (κ3) is 6.27. The molecule has 0 aromatic carbocycles. The summed E-state index contributed by atoms with van der Waals surface area (Å²) in [7, 11) is 0. The van der Waals surface area contributed by atoms with Crippen LogP contribution in [0.2, 0.25) is 0 Å². The van der Waals surface area contributed by atoms with Crippen LogP contribution in [0.15, 0.2) is 0 Å². The maximum atomic E-state index is 12.8. The minimum absolute atomic E-state index is 0.0951. The molecule has 5 atom stereocenters. The summed E-state index contributed by atoms with van der Waals surface area (Å²) in [5.41, 5.74) is 0. The first-order valence-electron chi connectivity index (χ1n) is 12.7. The number of amides is 6. The number of hydrogen-bond acceptors (Lipinski definition) is 6. The van der Waals surface area contributed by atoms with E-state index in [0.29, 0.717) is 19.3 Å². The van der Waals surface area contributed by atoms with Crippen molar-refractivity contribution in [1.29, 1.82) is 0 Å². The second-order valence-corrected chi connectivity index (χ2v) is 10.7. The molecule has 10 heteroatoms. The van der Waals surface area contributed by atoms with Crippen LogP contribution in [0.5, 0.6) is 0 Å². The van der Waals surface area contributed by atoms with Crippen molar-refractivity contribution in [2.45, 2.75) is 59.8 Å². The van der Waals surface area contributed by atoms with E-state index in [9.17, 15) is 28.8 Å². The van der Waals surface area contributed by atoms with Crippen LogP contribution in [0, 0.1) is 35.5 Å². The number of carbonyl (C=O) groups is 6. The van der Waals surface area contributed by atoms with E-state index in [-0.39, 0.29) is 110 Å². The normalized spacial score (nSPS) is 29.3. The molecule has 1 aliphatic carbocycles. The van der Waals surface area contributed by atoms with Crippen LogP contribution in [0.4, 0.5) is 0 Å². The maximum absolute atomic E-state index is 12.8. The van der Waals surface area contributed by atoms with Crippen LogP contribution in [-0.2, 0) is 28.8 Å². The minimum Gasteiger partial charge on any atom is -0.354 e. The summed E-state index contributed by atoms with van der Waals surface area (Å²) in [6.07, 6.45) is 2.18. The molecule has 2 heterocycles. The van der Waals surface area contributed by atoms with Gasteiger partial charge in [0, 0.05) is 62.7 Å². The highest BCUT2D eigenvalue weighted by molar-refractivity contribution is 6.04. The molecule has 1 saturated carbocycles. The van der Waals surface area contributed by atoms with Gasteiger partial charge in [0.2, 0.25) is 35.4 Å². The molecule has 0 bridgehead atoms. The Morgan fingerprint density at radius 2 is 1.29 bits per heavy atom. The predicted octanol–water partition coefficient (Wildman–Crippen LogP) is 0.697. The molecule has 0 spiro atoms. The van der Waals surface area contributed by atoms with E-state index in [1.807, 2.05) is 20.8 Å². The summed E-state index contributed by atoms with van der Waals surface area (Å²) in [6, 6.07) is 0. The molecule has 6 amide bonds. The Labute approximate surface area is 206 Å². The summed E-state index contributed by atoms with van der Waals surface area (Å²) >= 11 is 0. The van der Waals surface area contributed by atoms with Crippen LogP contribution < -0.4 is 10.6 Å². The molecule has 3 rings (SSSR count). The summed E-state index contributed by atoms with van der Waals surface area (Å²) in [4.78, 5) is 76.5. The van der Waals surface area contributed by atoms with E-state index in [1.165, 1.54) is 9.80 Å². The summed E-state index contributed by atoms with van der Waals surface area (Å²) < 4.78 is 0. The molecule has 0 radical (unpaired) electrons. The number of hydrogen-bond donors (Lipinski definition) is 2. The zero-order valence-electron chi connectivity index (χ0n) is 21.2. The Balaban J connectivity index is 1.44. The SMILES string of the molecule is CC1C[C@@H](C(=O)NCCN2C(=O)CC(C)C2=O)C[C@@H](C(=O)NCCN2C(=O)CC(C(C)C)C2=O)C1. The van der Waals surface area contributed by atoms with Gasteiger partial charge in [0.1, 0.15) is 0 Å². The lowest BCUT2D eigenvalue weighted by molar-refractivity contribution is -0.141. The zero-order chi connectivity index (χ0) is 25.9. The Hall–Kier alpha value is -2.78. The largest absolute Gasteiger partial charge is 0.354 e. The second kappa shape index (κ2) is 11.3. The lowest BCUT2D eigenvalue weighted by Crippen LogP contribution is -2.44. The highest BCUT2D eigenvalue weighted by Gasteiger charge is 2.40. The van der Waals surface area contributed by atoms with Crippen molar-refractivity contribution >= 4 is 35.4 Å². The summed E-state index contributed by atoms with van der Waals surface area (Å²) in [5.74, 6) is -2.10. The number of nitrogens with one attached hydrogen (secondary N) is 2. The molecule has 3 unspecified atom stereocenters. The number of nitrogens with zero attached hydrogens (tertiary/aromatic N) is 2. The molecule has 194 valence electrons. The molecular weight excluding hydrogens is 452 g/mol. The summed E-state index contributed by atoms with van der Waals surface area (Å²) in [6.45, 7) is 8.27. The number of rotatable bonds is 9. The van der Waals surface area contributed by atoms with Crippen molar-refractivity contribution in [1.82, 2.24) is 20.4 Å². The van der Waals surface area contributed by atoms with Crippen LogP contribution in [-0.4, -0.2) is 71.4 Å². The third-order valence-corrected chi connectivity index (χ3v) is 7.51. The Morgan fingerprint density at radius 1 is 0.800 bits per heavy atom. The van der Waals surface area contributed by atoms with E-state index < -0.39 is 0 Å². The van der Waals surface area contributed by atoms with Gasteiger partial charge in [0.15, 0.2) is 0 Å². The smallest absolute Gasteiger partial charge is 0.233 e. The fourth-order valence-corrected chi connectivity index (χ4v) is 5.45. The Morgan fingerprint density at radius 3 is 1.71 bits per heavy atom. The van der Waals surface area contributed by atoms with Crippen molar-refractivity contribution in [2.75, 3.05) is 26.2 Å². The van der Waals surface area contributed by atoms with Crippen molar-refractivity contribution in [3.05, 3.63) is 0 Å². The molecule has 2 aliphatic heterocycles. The standard InChI is InChI=1S/C25H38N4O6/c1-14(2)19-13-21(31)29(25(19)35)8-6-27-23(33)18-10-15(3)9-17(12-18)22(32)26-5-7-28-20(30)11-16(4)24(28)34/h14-19H,5-13H2,1-4H3,(H,26,32)(H,27,33)/t15?,16?,17-,18+,19?/m1/s1. The first-order valence-corrected chi connectivity index (χ1v) is 12.7. The van der Waals surface area contributed by atoms with Gasteiger partial charge >= 0.3 is 0 Å². The van der Waals surface area contributed by atoms with Gasteiger partial charge in [-0.15, -0.1) is 0 Å². The summed E-state index contributed by atoms with van der Waals surface area (Å²) in [5, 5.41) is 5.66. The molecule has 35 heavy (non-hydrogen) atoms. The van der Waals surface area contributed by atoms with Gasteiger partial charge < -0.3 is 10.6 Å². The van der Waals surface area contributed by atoms with Gasteiger partial charge in [-0.1, -0.05) is 27.7 Å². The maximum Gasteiger partial charge on any atom is 0.233 e. The lowest BCUT2D eigenvalue weighted by atomic mass is 9.75. The van der Waals surface area contributed by atoms with Crippen LogP contribution in [0.25, 0.3) is 0 Å². The number of carbonyl (C=O) groups excluding carboxylic acids is 6. The van der Waals surface area contributed by atoms with Crippen LogP contribution in [0.3, 0.4) is 0 Å². The van der Waals surface area contributed by atoms with Gasteiger partial charge in [-0.05, 0) is 31.1 Å². The fourth-order valence-electron chi connectivity index (χ4n) is 5.45. The molecule has 10 nitrogen and oxygen atoms in total. The highest BCUT2D eigenvalue weighted by atomic mass is 16.2. The van der Waals surface area contributed by atoms with E-state index >= 15 is 0 Å². The average molecular weight is 491 g/mol. The van der Waals surface area contributed by atoms with Gasteiger partial charge in [-0.3, -0.25) is 38.6 Å². The minimum atomic E-state index is -0.328. The molecule has 0 aromatic heterocycles. The molecule has 2 N–H and O–H groups in total. The third-order valence-electron chi connectivity index (χ3n) is 7.51. The zero-order valence-corrected chi connectivity index (χ0v) is 21.2. The molecule has 2 saturated heterocycles. The van der Waals surface area contributed by atoms with Crippen LogP contribution in [0.1, 0.15) is 59.8 Å². The van der Waals surface area contributed by atoms with Gasteiger partial charge in [0.05, 0.1) is 0 Å². The Kier molecular flexibility index (Phi) is 8.66. The van der Waals surface area contributed by atoms with Crippen molar-refractivity contribution < 1.29 is 28.8 Å². The van der Waals surface area contributed by atoms with Gasteiger partial charge in [0.25, 0.3) is 0 Å². The highest BCUT2D eigenvalue weighted by Crippen LogP contribution is 2.33. The van der Waals surface area contributed by atoms with Gasteiger partial charge in [-0.2, -0.15) is 0 Å². The Bertz CT molecular complexity index is 887. The monoisotopic (exact) mass is 490 g/mol. The quantitative estimate of drug-likeness (QED) is 0.457. The van der Waals surface area contributed by atoms with Gasteiger partial charge in [-0.25, -0.2) is 0 Å². The lowest BCUT2D eigenvalue weighted by Gasteiger charge is -2.32. The first-order chi connectivity index (χ1) is 16.5. The predicted molar refractivity (Wildman–Crippen MR) is 126 cm³/mol. The van der Waals surface area contributed by atoms with Crippen LogP contribution >= 0.6 is 0 Å². The van der Waals surface area contributed by atoms with Crippen molar-refractivity contribution in [2.24, 2.45) is 35.5 Å². The van der Waals surface area contributed by atoms with E-state index in [0.717, 1.165) is 0 Å².